The topological polar surface area (TPSA) is 52.8 Å². The highest BCUT2D eigenvalue weighted by atomic mass is 35.5. The lowest BCUT2D eigenvalue weighted by Gasteiger charge is -2.44. The van der Waals surface area contributed by atoms with Gasteiger partial charge in [-0.25, -0.2) is 0 Å². The van der Waals surface area contributed by atoms with E-state index in [2.05, 4.69) is 42.9 Å². The first-order valence-corrected chi connectivity index (χ1v) is 9.65. The number of hydrogen-bond donors (Lipinski definition) is 0. The summed E-state index contributed by atoms with van der Waals surface area (Å²) < 4.78 is 5.39. The number of halogens is 1. The Morgan fingerprint density at radius 3 is 2.44 bits per heavy atom. The minimum absolute atomic E-state index is 0.0788. The van der Waals surface area contributed by atoms with Crippen LogP contribution in [0.2, 0.25) is 5.02 Å². The third-order valence-electron chi connectivity index (χ3n) is 5.05. The van der Waals surface area contributed by atoms with Crippen LogP contribution in [0.15, 0.2) is 34.9 Å². The van der Waals surface area contributed by atoms with Gasteiger partial charge in [0.15, 0.2) is 11.5 Å². The number of piperazine rings is 1. The lowest BCUT2D eigenvalue weighted by atomic mass is 10.1. The van der Waals surface area contributed by atoms with E-state index in [1.807, 2.05) is 17.0 Å². The van der Waals surface area contributed by atoms with Crippen LogP contribution in [0.5, 0.6) is 0 Å². The quantitative estimate of drug-likeness (QED) is 0.785. The second-order valence-electron chi connectivity index (χ2n) is 7.53. The van der Waals surface area contributed by atoms with E-state index in [4.69, 9.17) is 16.1 Å². The molecule has 1 saturated heterocycles. The van der Waals surface area contributed by atoms with Crippen molar-refractivity contribution in [2.75, 3.05) is 40.3 Å². The Morgan fingerprint density at radius 1 is 1.22 bits per heavy atom. The molecule has 0 N–H and O–H groups in total. The summed E-state index contributed by atoms with van der Waals surface area (Å²) in [6.07, 6.45) is 0. The summed E-state index contributed by atoms with van der Waals surface area (Å²) in [5.41, 5.74) is 1.20. The van der Waals surface area contributed by atoms with Crippen molar-refractivity contribution < 1.29 is 9.32 Å². The fraction of sp³-hybridized carbons (Fsp3) is 0.500. The molecule has 1 aliphatic rings. The number of benzene rings is 1. The molecular weight excluding hydrogens is 364 g/mol. The Balaban J connectivity index is 1.67. The summed E-state index contributed by atoms with van der Waals surface area (Å²) in [7, 11) is 4.16. The van der Waals surface area contributed by atoms with E-state index in [0.29, 0.717) is 41.7 Å². The van der Waals surface area contributed by atoms with Gasteiger partial charge in [-0.3, -0.25) is 9.69 Å². The number of aromatic nitrogens is 1. The van der Waals surface area contributed by atoms with E-state index in [1.165, 1.54) is 0 Å². The minimum Gasteiger partial charge on any atom is -0.355 e. The van der Waals surface area contributed by atoms with Crippen LogP contribution in [-0.4, -0.2) is 78.1 Å². The maximum absolute atomic E-state index is 12.9. The normalized spacial score (nSPS) is 21.0. The fourth-order valence-corrected chi connectivity index (χ4v) is 3.69. The lowest BCUT2D eigenvalue weighted by Crippen LogP contribution is -2.59. The smallest absolute Gasteiger partial charge is 0.276 e. The van der Waals surface area contributed by atoms with Gasteiger partial charge in [-0.2, -0.15) is 0 Å². The maximum atomic E-state index is 12.9. The Morgan fingerprint density at radius 2 is 1.85 bits per heavy atom. The third kappa shape index (κ3) is 4.69. The maximum Gasteiger partial charge on any atom is 0.276 e. The highest BCUT2D eigenvalue weighted by Gasteiger charge is 2.33. The highest BCUT2D eigenvalue weighted by Crippen LogP contribution is 2.24. The van der Waals surface area contributed by atoms with Crippen LogP contribution < -0.4 is 0 Å². The molecule has 0 saturated carbocycles. The van der Waals surface area contributed by atoms with Crippen molar-refractivity contribution in [1.29, 1.82) is 0 Å². The predicted octanol–water partition coefficient (Wildman–Crippen LogP) is 3.09. The second kappa shape index (κ2) is 8.42. The number of carbonyl (C=O) groups excluding carboxylic acids is 1. The molecular formula is C20H27ClN4O2. The third-order valence-corrected chi connectivity index (χ3v) is 5.30. The first-order valence-electron chi connectivity index (χ1n) is 9.27. The molecule has 1 aromatic carbocycles. The first-order chi connectivity index (χ1) is 12.8. The largest absolute Gasteiger partial charge is 0.355 e. The van der Waals surface area contributed by atoms with Gasteiger partial charge in [0, 0.05) is 54.9 Å². The molecule has 0 aliphatic carbocycles. The summed E-state index contributed by atoms with van der Waals surface area (Å²) in [5.74, 6) is 0.491. The van der Waals surface area contributed by atoms with Gasteiger partial charge in [0.05, 0.1) is 0 Å². The molecule has 1 aliphatic heterocycles. The van der Waals surface area contributed by atoms with Crippen molar-refractivity contribution in [3.05, 3.63) is 41.0 Å². The molecule has 1 aromatic heterocycles. The first kappa shape index (κ1) is 19.9. The van der Waals surface area contributed by atoms with E-state index in [1.54, 1.807) is 18.2 Å². The zero-order chi connectivity index (χ0) is 19.6. The van der Waals surface area contributed by atoms with Gasteiger partial charge < -0.3 is 14.3 Å². The summed E-state index contributed by atoms with van der Waals surface area (Å²) in [6.45, 7) is 7.75. The number of hydrogen-bond acceptors (Lipinski definition) is 5. The van der Waals surface area contributed by atoms with E-state index >= 15 is 0 Å². The number of nitrogens with zero attached hydrogens (tertiary/aromatic N) is 4. The van der Waals surface area contributed by atoms with Crippen molar-refractivity contribution in [1.82, 2.24) is 19.9 Å². The van der Waals surface area contributed by atoms with Crippen molar-refractivity contribution in [3.8, 4) is 11.3 Å². The fourth-order valence-electron chi connectivity index (χ4n) is 3.57. The molecule has 2 unspecified atom stereocenters. The molecule has 0 radical (unpaired) electrons. The molecule has 0 spiro atoms. The Labute approximate surface area is 165 Å². The molecule has 7 heteroatoms. The Hall–Kier alpha value is -1.89. The van der Waals surface area contributed by atoms with Gasteiger partial charge in [0.25, 0.3) is 5.91 Å². The van der Waals surface area contributed by atoms with Gasteiger partial charge in [-0.1, -0.05) is 16.8 Å². The summed E-state index contributed by atoms with van der Waals surface area (Å²) in [6, 6.07) is 9.60. The zero-order valence-corrected chi connectivity index (χ0v) is 17.1. The van der Waals surface area contributed by atoms with Gasteiger partial charge in [0.2, 0.25) is 0 Å². The van der Waals surface area contributed by atoms with E-state index in [-0.39, 0.29) is 5.91 Å². The van der Waals surface area contributed by atoms with Crippen LogP contribution in [-0.2, 0) is 0 Å². The second-order valence-corrected chi connectivity index (χ2v) is 7.97. The van der Waals surface area contributed by atoms with Crippen LogP contribution >= 0.6 is 11.6 Å². The predicted molar refractivity (Wildman–Crippen MR) is 107 cm³/mol. The number of carbonyl (C=O) groups is 1. The van der Waals surface area contributed by atoms with Crippen LogP contribution in [0.1, 0.15) is 24.3 Å². The summed E-state index contributed by atoms with van der Waals surface area (Å²) >= 11 is 5.92. The Kier molecular flexibility index (Phi) is 6.19. The van der Waals surface area contributed by atoms with Gasteiger partial charge >= 0.3 is 0 Å². The van der Waals surface area contributed by atoms with Gasteiger partial charge in [0.1, 0.15) is 0 Å². The number of amides is 1. The Bertz CT molecular complexity index is 763. The number of likely N-dealkylation sites (N-methyl/N-ethyl adjacent to an activating group) is 1. The molecule has 146 valence electrons. The number of rotatable bonds is 5. The molecule has 3 rings (SSSR count). The highest BCUT2D eigenvalue weighted by molar-refractivity contribution is 6.30. The zero-order valence-electron chi connectivity index (χ0n) is 16.4. The van der Waals surface area contributed by atoms with Crippen LogP contribution in [0, 0.1) is 0 Å². The van der Waals surface area contributed by atoms with Crippen molar-refractivity contribution in [2.45, 2.75) is 25.9 Å². The van der Waals surface area contributed by atoms with Crippen LogP contribution in [0.25, 0.3) is 11.3 Å². The molecule has 2 heterocycles. The van der Waals surface area contributed by atoms with E-state index < -0.39 is 0 Å². The standard InChI is InChI=1S/C20H27ClN4O2/c1-14-12-24(13-15(2)25(14)10-9-23(3)4)20(26)18-11-19(27-22-18)16-5-7-17(21)8-6-16/h5-8,11,14-15H,9-10,12-13H2,1-4H3. The summed E-state index contributed by atoms with van der Waals surface area (Å²) in [4.78, 5) is 19.4. The van der Waals surface area contributed by atoms with Crippen LogP contribution in [0.3, 0.4) is 0 Å². The molecule has 27 heavy (non-hydrogen) atoms. The van der Waals surface area contributed by atoms with Crippen molar-refractivity contribution >= 4 is 17.5 Å². The average Bonchev–Trinajstić information content (AvgIpc) is 3.10. The SMILES string of the molecule is CC1CN(C(=O)c2cc(-c3ccc(Cl)cc3)on2)CC(C)N1CCN(C)C. The lowest BCUT2D eigenvalue weighted by molar-refractivity contribution is 0.0276. The molecule has 0 bridgehead atoms. The molecule has 1 amide bonds. The monoisotopic (exact) mass is 390 g/mol. The molecule has 6 nitrogen and oxygen atoms in total. The molecule has 2 aromatic rings. The van der Waals surface area contributed by atoms with E-state index in [0.717, 1.165) is 18.7 Å². The minimum atomic E-state index is -0.0788. The van der Waals surface area contributed by atoms with E-state index in [9.17, 15) is 4.79 Å². The van der Waals surface area contributed by atoms with Crippen molar-refractivity contribution in [2.24, 2.45) is 0 Å². The van der Waals surface area contributed by atoms with Gasteiger partial charge in [-0.15, -0.1) is 0 Å². The molecule has 2 atom stereocenters. The van der Waals surface area contributed by atoms with Gasteiger partial charge in [-0.05, 0) is 52.2 Å². The summed E-state index contributed by atoms with van der Waals surface area (Å²) in [5, 5.41) is 4.66. The molecule has 1 fully saturated rings. The van der Waals surface area contributed by atoms with Crippen molar-refractivity contribution in [3.63, 3.8) is 0 Å². The average molecular weight is 391 g/mol. The van der Waals surface area contributed by atoms with Crippen LogP contribution in [0.4, 0.5) is 0 Å².